The number of rotatable bonds is 6. The molecule has 7 nitrogen and oxygen atoms in total. The number of nitrogens with one attached hydrogen (secondary N) is 1. The van der Waals surface area contributed by atoms with Crippen LogP contribution in [0.3, 0.4) is 0 Å². The molecule has 1 aliphatic rings. The first-order chi connectivity index (χ1) is 12.4. The molecule has 7 heteroatoms. The van der Waals surface area contributed by atoms with E-state index in [1.807, 2.05) is 6.07 Å². The molecule has 1 aromatic rings. The monoisotopic (exact) mass is 357 g/mol. The van der Waals surface area contributed by atoms with E-state index in [0.29, 0.717) is 36.6 Å². The van der Waals surface area contributed by atoms with Gasteiger partial charge in [0.15, 0.2) is 0 Å². The van der Waals surface area contributed by atoms with Crippen molar-refractivity contribution in [2.75, 3.05) is 13.1 Å². The molecule has 2 N–H and O–H groups in total. The predicted octanol–water partition coefficient (Wildman–Crippen LogP) is 1.78. The summed E-state index contributed by atoms with van der Waals surface area (Å²) in [6.07, 6.45) is 2.38. The highest BCUT2D eigenvalue weighted by molar-refractivity contribution is 5.97. The molecular weight excluding hydrogens is 334 g/mol. The van der Waals surface area contributed by atoms with Gasteiger partial charge in [-0.3, -0.25) is 14.4 Å². The minimum absolute atomic E-state index is 0.135. The Morgan fingerprint density at radius 3 is 2.42 bits per heavy atom. The van der Waals surface area contributed by atoms with Crippen molar-refractivity contribution < 1.29 is 19.5 Å². The van der Waals surface area contributed by atoms with Crippen molar-refractivity contribution >= 4 is 17.8 Å². The minimum atomic E-state index is -0.789. The first-order valence-corrected chi connectivity index (χ1v) is 8.72. The van der Waals surface area contributed by atoms with Crippen LogP contribution >= 0.6 is 0 Å². The van der Waals surface area contributed by atoms with Crippen molar-refractivity contribution in [3.8, 4) is 6.07 Å². The Morgan fingerprint density at radius 1 is 1.27 bits per heavy atom. The number of carbonyl (C=O) groups is 3. The van der Waals surface area contributed by atoms with Crippen LogP contribution in [0, 0.1) is 17.2 Å². The summed E-state index contributed by atoms with van der Waals surface area (Å²) in [5.41, 5.74) is 0.868. The van der Waals surface area contributed by atoms with Crippen molar-refractivity contribution in [2.45, 2.75) is 38.6 Å². The van der Waals surface area contributed by atoms with Gasteiger partial charge in [0.2, 0.25) is 5.91 Å². The number of likely N-dealkylation sites (tertiary alicyclic amines) is 1. The average Bonchev–Trinajstić information content (AvgIpc) is 2.66. The minimum Gasteiger partial charge on any atom is -0.481 e. The molecule has 138 valence electrons. The van der Waals surface area contributed by atoms with Gasteiger partial charge in [0.05, 0.1) is 11.6 Å². The molecule has 1 aliphatic heterocycles. The summed E-state index contributed by atoms with van der Waals surface area (Å²) in [7, 11) is 0. The van der Waals surface area contributed by atoms with E-state index in [9.17, 15) is 14.4 Å². The molecule has 0 spiro atoms. The number of carboxylic acids is 1. The SMILES string of the molecule is CC(NC(=O)c1ccc(C#N)cc1)C(=O)N1CCC(CCC(=O)O)CC1. The third-order valence-corrected chi connectivity index (χ3v) is 4.69. The summed E-state index contributed by atoms with van der Waals surface area (Å²) in [6.45, 7) is 2.82. The number of hydrogen-bond donors (Lipinski definition) is 2. The van der Waals surface area contributed by atoms with E-state index in [0.717, 1.165) is 12.8 Å². The Labute approximate surface area is 152 Å². The lowest BCUT2D eigenvalue weighted by molar-refractivity contribution is -0.138. The summed E-state index contributed by atoms with van der Waals surface area (Å²) in [5, 5.41) is 20.2. The van der Waals surface area contributed by atoms with Gasteiger partial charge < -0.3 is 15.3 Å². The number of aliphatic carboxylic acids is 1. The Morgan fingerprint density at radius 2 is 1.88 bits per heavy atom. The van der Waals surface area contributed by atoms with Crippen LogP contribution in [0.25, 0.3) is 0 Å². The second kappa shape index (κ2) is 8.99. The van der Waals surface area contributed by atoms with Crippen molar-refractivity contribution in [3.05, 3.63) is 35.4 Å². The van der Waals surface area contributed by atoms with Crippen LogP contribution in [0.4, 0.5) is 0 Å². The van der Waals surface area contributed by atoms with Crippen LogP contribution in [-0.2, 0) is 9.59 Å². The van der Waals surface area contributed by atoms with E-state index in [4.69, 9.17) is 10.4 Å². The van der Waals surface area contributed by atoms with Crippen molar-refractivity contribution in [2.24, 2.45) is 5.92 Å². The number of piperidine rings is 1. The summed E-state index contributed by atoms with van der Waals surface area (Å²) in [5.74, 6) is -0.947. The van der Waals surface area contributed by atoms with Gasteiger partial charge in [-0.25, -0.2) is 0 Å². The van der Waals surface area contributed by atoms with E-state index in [1.54, 1.807) is 36.1 Å². The number of hydrogen-bond acceptors (Lipinski definition) is 4. The molecule has 1 heterocycles. The van der Waals surface area contributed by atoms with E-state index in [1.165, 1.54) is 0 Å². The number of benzene rings is 1. The van der Waals surface area contributed by atoms with Crippen LogP contribution in [0.2, 0.25) is 0 Å². The fraction of sp³-hybridized carbons (Fsp3) is 0.474. The Bertz CT molecular complexity index is 700. The second-order valence-corrected chi connectivity index (χ2v) is 6.59. The van der Waals surface area contributed by atoms with Crippen molar-refractivity contribution in [1.29, 1.82) is 5.26 Å². The van der Waals surface area contributed by atoms with E-state index < -0.39 is 12.0 Å². The molecular formula is C19H23N3O4. The van der Waals surface area contributed by atoms with Crippen molar-refractivity contribution in [3.63, 3.8) is 0 Å². The first kappa shape index (κ1) is 19.4. The van der Waals surface area contributed by atoms with Gasteiger partial charge in [-0.15, -0.1) is 0 Å². The van der Waals surface area contributed by atoms with Crippen LogP contribution in [0.15, 0.2) is 24.3 Å². The zero-order valence-electron chi connectivity index (χ0n) is 14.8. The Hall–Kier alpha value is -2.88. The number of amides is 2. The molecule has 0 saturated carbocycles. The second-order valence-electron chi connectivity index (χ2n) is 6.59. The lowest BCUT2D eigenvalue weighted by Crippen LogP contribution is -2.49. The maximum atomic E-state index is 12.5. The van der Waals surface area contributed by atoms with Gasteiger partial charge in [-0.2, -0.15) is 5.26 Å². The van der Waals surface area contributed by atoms with Gasteiger partial charge in [-0.05, 0) is 56.4 Å². The molecule has 0 radical (unpaired) electrons. The zero-order valence-corrected chi connectivity index (χ0v) is 14.8. The summed E-state index contributed by atoms with van der Waals surface area (Å²) < 4.78 is 0. The fourth-order valence-electron chi connectivity index (χ4n) is 3.08. The largest absolute Gasteiger partial charge is 0.481 e. The number of carbonyl (C=O) groups excluding carboxylic acids is 2. The van der Waals surface area contributed by atoms with E-state index >= 15 is 0 Å². The number of carboxylic acid groups (broad SMARTS) is 1. The molecule has 1 unspecified atom stereocenters. The van der Waals surface area contributed by atoms with Crippen molar-refractivity contribution in [1.82, 2.24) is 10.2 Å². The number of nitrogens with zero attached hydrogens (tertiary/aromatic N) is 2. The molecule has 1 saturated heterocycles. The molecule has 1 fully saturated rings. The highest BCUT2D eigenvalue weighted by Gasteiger charge is 2.27. The molecule has 26 heavy (non-hydrogen) atoms. The topological polar surface area (TPSA) is 111 Å². The molecule has 2 rings (SSSR count). The van der Waals surface area contributed by atoms with Crippen LogP contribution < -0.4 is 5.32 Å². The lowest BCUT2D eigenvalue weighted by atomic mass is 9.92. The summed E-state index contributed by atoms with van der Waals surface area (Å²) in [6, 6.07) is 7.57. The smallest absolute Gasteiger partial charge is 0.303 e. The maximum Gasteiger partial charge on any atom is 0.303 e. The summed E-state index contributed by atoms with van der Waals surface area (Å²) in [4.78, 5) is 37.1. The van der Waals surface area contributed by atoms with Gasteiger partial charge in [0.1, 0.15) is 6.04 Å². The fourth-order valence-corrected chi connectivity index (χ4v) is 3.08. The maximum absolute atomic E-state index is 12.5. The molecule has 1 atom stereocenters. The quantitative estimate of drug-likeness (QED) is 0.806. The first-order valence-electron chi connectivity index (χ1n) is 8.72. The molecule has 2 amide bonds. The molecule has 0 bridgehead atoms. The highest BCUT2D eigenvalue weighted by Crippen LogP contribution is 2.22. The number of nitriles is 1. The van der Waals surface area contributed by atoms with E-state index in [-0.39, 0.29) is 18.2 Å². The van der Waals surface area contributed by atoms with Gasteiger partial charge in [-0.1, -0.05) is 0 Å². The molecule has 0 aromatic heterocycles. The predicted molar refractivity (Wildman–Crippen MR) is 94.3 cm³/mol. The Balaban J connectivity index is 1.82. The summed E-state index contributed by atoms with van der Waals surface area (Å²) >= 11 is 0. The van der Waals surface area contributed by atoms with E-state index in [2.05, 4.69) is 5.32 Å². The standard InChI is InChI=1S/C19H23N3O4/c1-13(21-18(25)16-5-2-15(12-20)3-6-16)19(26)22-10-8-14(9-11-22)4-7-17(23)24/h2-3,5-6,13-14H,4,7-11H2,1H3,(H,21,25)(H,23,24). The zero-order chi connectivity index (χ0) is 19.1. The molecule has 0 aliphatic carbocycles. The normalized spacial score (nSPS) is 15.8. The average molecular weight is 357 g/mol. The van der Waals surface area contributed by atoms with Crippen LogP contribution in [-0.4, -0.2) is 46.9 Å². The van der Waals surface area contributed by atoms with Gasteiger partial charge in [0.25, 0.3) is 5.91 Å². The third-order valence-electron chi connectivity index (χ3n) is 4.69. The van der Waals surface area contributed by atoms with Gasteiger partial charge in [0, 0.05) is 25.1 Å². The van der Waals surface area contributed by atoms with Gasteiger partial charge >= 0.3 is 5.97 Å². The van der Waals surface area contributed by atoms with Crippen LogP contribution in [0.1, 0.15) is 48.5 Å². The lowest BCUT2D eigenvalue weighted by Gasteiger charge is -2.33. The molecule has 1 aromatic carbocycles. The Kier molecular flexibility index (Phi) is 6.73. The van der Waals surface area contributed by atoms with Crippen LogP contribution in [0.5, 0.6) is 0 Å². The third kappa shape index (κ3) is 5.31. The highest BCUT2D eigenvalue weighted by atomic mass is 16.4.